The molecule has 0 saturated carbocycles. The van der Waals surface area contributed by atoms with E-state index >= 15 is 0 Å². The van der Waals surface area contributed by atoms with E-state index in [1.54, 1.807) is 29.7 Å². The van der Waals surface area contributed by atoms with Gasteiger partial charge in [-0.2, -0.15) is 11.3 Å². The molecule has 1 atom stereocenters. The van der Waals surface area contributed by atoms with Gasteiger partial charge in [0, 0.05) is 6.20 Å². The van der Waals surface area contributed by atoms with Crippen molar-refractivity contribution >= 4 is 22.9 Å². The van der Waals surface area contributed by atoms with Crippen molar-refractivity contribution in [2.45, 2.75) is 18.9 Å². The SMILES string of the molecule is OC(CCc1ccsc1)c1ncccc1Cl. The van der Waals surface area contributed by atoms with Gasteiger partial charge in [0.25, 0.3) is 0 Å². The Morgan fingerprint density at radius 2 is 2.31 bits per heavy atom. The van der Waals surface area contributed by atoms with Gasteiger partial charge in [0.15, 0.2) is 0 Å². The van der Waals surface area contributed by atoms with Gasteiger partial charge >= 0.3 is 0 Å². The molecule has 0 spiro atoms. The molecule has 2 nitrogen and oxygen atoms in total. The van der Waals surface area contributed by atoms with Gasteiger partial charge in [-0.25, -0.2) is 0 Å². The van der Waals surface area contributed by atoms with Crippen molar-refractivity contribution in [2.75, 3.05) is 0 Å². The number of pyridine rings is 1. The highest BCUT2D eigenvalue weighted by Crippen LogP contribution is 2.24. The van der Waals surface area contributed by atoms with Gasteiger partial charge in [0.2, 0.25) is 0 Å². The molecule has 0 aliphatic heterocycles. The summed E-state index contributed by atoms with van der Waals surface area (Å²) >= 11 is 7.63. The summed E-state index contributed by atoms with van der Waals surface area (Å²) in [5.41, 5.74) is 1.82. The molecular formula is C12H12ClNOS. The maximum absolute atomic E-state index is 9.96. The highest BCUT2D eigenvalue weighted by Gasteiger charge is 2.12. The normalized spacial score (nSPS) is 12.6. The third kappa shape index (κ3) is 2.82. The van der Waals surface area contributed by atoms with Gasteiger partial charge in [-0.05, 0) is 47.4 Å². The number of aliphatic hydroxyl groups excluding tert-OH is 1. The maximum Gasteiger partial charge on any atom is 0.0978 e. The number of thiophene rings is 1. The van der Waals surface area contributed by atoms with Crippen LogP contribution in [0.5, 0.6) is 0 Å². The first-order valence-electron chi connectivity index (χ1n) is 5.07. The van der Waals surface area contributed by atoms with Gasteiger partial charge in [0.05, 0.1) is 16.8 Å². The molecule has 1 N–H and O–H groups in total. The molecule has 4 heteroatoms. The van der Waals surface area contributed by atoms with Crippen molar-refractivity contribution < 1.29 is 5.11 Å². The molecule has 16 heavy (non-hydrogen) atoms. The fraction of sp³-hybridized carbons (Fsp3) is 0.250. The Labute approximate surface area is 104 Å². The van der Waals surface area contributed by atoms with E-state index < -0.39 is 6.10 Å². The van der Waals surface area contributed by atoms with Gasteiger partial charge in [-0.1, -0.05) is 11.6 Å². The summed E-state index contributed by atoms with van der Waals surface area (Å²) in [6.07, 6.45) is 2.55. The lowest BCUT2D eigenvalue weighted by Gasteiger charge is -2.10. The number of aromatic nitrogens is 1. The van der Waals surface area contributed by atoms with Gasteiger partial charge in [-0.15, -0.1) is 0 Å². The Kier molecular flexibility index (Phi) is 3.93. The highest BCUT2D eigenvalue weighted by molar-refractivity contribution is 7.07. The Bertz CT molecular complexity index is 444. The molecular weight excluding hydrogens is 242 g/mol. The van der Waals surface area contributed by atoms with Crippen molar-refractivity contribution in [3.05, 3.63) is 51.4 Å². The van der Waals surface area contributed by atoms with Crippen LogP contribution in [-0.2, 0) is 6.42 Å². The molecule has 0 radical (unpaired) electrons. The number of aliphatic hydroxyl groups is 1. The predicted octanol–water partition coefficient (Wildman–Crippen LogP) is 3.46. The van der Waals surface area contributed by atoms with Crippen LogP contribution >= 0.6 is 22.9 Å². The average molecular weight is 254 g/mol. The largest absolute Gasteiger partial charge is 0.387 e. The second-order valence-electron chi connectivity index (χ2n) is 3.56. The fourth-order valence-electron chi connectivity index (χ4n) is 1.52. The molecule has 0 bridgehead atoms. The van der Waals surface area contributed by atoms with E-state index in [9.17, 15) is 5.11 Å². The minimum absolute atomic E-state index is 0.528. The zero-order valence-corrected chi connectivity index (χ0v) is 10.2. The van der Waals surface area contributed by atoms with Gasteiger partial charge < -0.3 is 5.11 Å². The highest BCUT2D eigenvalue weighted by atomic mass is 35.5. The molecule has 0 aromatic carbocycles. The van der Waals surface area contributed by atoms with Crippen LogP contribution in [0.4, 0.5) is 0 Å². The van der Waals surface area contributed by atoms with Crippen LogP contribution in [0.3, 0.4) is 0 Å². The summed E-state index contributed by atoms with van der Waals surface area (Å²) < 4.78 is 0. The zero-order valence-electron chi connectivity index (χ0n) is 8.64. The monoisotopic (exact) mass is 253 g/mol. The van der Waals surface area contributed by atoms with E-state index in [4.69, 9.17) is 11.6 Å². The van der Waals surface area contributed by atoms with E-state index in [0.717, 1.165) is 6.42 Å². The first-order chi connectivity index (χ1) is 7.77. The number of aryl methyl sites for hydroxylation is 1. The molecule has 0 saturated heterocycles. The topological polar surface area (TPSA) is 33.1 Å². The first kappa shape index (κ1) is 11.6. The summed E-state index contributed by atoms with van der Waals surface area (Å²) in [7, 11) is 0. The van der Waals surface area contributed by atoms with Crippen molar-refractivity contribution in [3.63, 3.8) is 0 Å². The molecule has 2 aromatic heterocycles. The van der Waals surface area contributed by atoms with Crippen LogP contribution in [-0.4, -0.2) is 10.1 Å². The van der Waals surface area contributed by atoms with Crippen LogP contribution in [0.1, 0.15) is 23.8 Å². The van der Waals surface area contributed by atoms with Gasteiger partial charge in [0.1, 0.15) is 0 Å². The van der Waals surface area contributed by atoms with E-state index in [0.29, 0.717) is 17.1 Å². The maximum atomic E-state index is 9.96. The standard InChI is InChI=1S/C12H12ClNOS/c13-10-2-1-6-14-12(10)11(15)4-3-9-5-7-16-8-9/h1-2,5-8,11,15H,3-4H2. The molecule has 84 valence electrons. The fourth-order valence-corrected chi connectivity index (χ4v) is 2.47. The van der Waals surface area contributed by atoms with E-state index in [-0.39, 0.29) is 0 Å². The molecule has 0 fully saturated rings. The third-order valence-corrected chi connectivity index (χ3v) is 3.44. The number of hydrogen-bond acceptors (Lipinski definition) is 3. The molecule has 2 rings (SSSR count). The lowest BCUT2D eigenvalue weighted by atomic mass is 10.1. The lowest BCUT2D eigenvalue weighted by molar-refractivity contribution is 0.163. The number of rotatable bonds is 4. The summed E-state index contributed by atoms with van der Waals surface area (Å²) in [5, 5.41) is 14.6. The van der Waals surface area contributed by atoms with Gasteiger partial charge in [-0.3, -0.25) is 4.98 Å². The van der Waals surface area contributed by atoms with Crippen LogP contribution in [0, 0.1) is 0 Å². The quantitative estimate of drug-likeness (QED) is 0.905. The third-order valence-electron chi connectivity index (χ3n) is 2.39. The molecule has 1 unspecified atom stereocenters. The molecule has 0 amide bonds. The molecule has 2 heterocycles. The Morgan fingerprint density at radius 3 is 3.00 bits per heavy atom. The zero-order chi connectivity index (χ0) is 11.4. The van der Waals surface area contributed by atoms with Crippen LogP contribution in [0.25, 0.3) is 0 Å². The number of hydrogen-bond donors (Lipinski definition) is 1. The minimum Gasteiger partial charge on any atom is -0.387 e. The lowest BCUT2D eigenvalue weighted by Crippen LogP contribution is -2.02. The van der Waals surface area contributed by atoms with Crippen molar-refractivity contribution in [3.8, 4) is 0 Å². The van der Waals surface area contributed by atoms with Crippen LogP contribution < -0.4 is 0 Å². The minimum atomic E-state index is -0.589. The number of nitrogens with zero attached hydrogens (tertiary/aromatic N) is 1. The summed E-state index contributed by atoms with van der Waals surface area (Å²) in [4.78, 5) is 4.10. The summed E-state index contributed by atoms with van der Waals surface area (Å²) in [5.74, 6) is 0. The second-order valence-corrected chi connectivity index (χ2v) is 4.74. The molecule has 0 aliphatic carbocycles. The molecule has 2 aromatic rings. The summed E-state index contributed by atoms with van der Waals surface area (Å²) in [6.45, 7) is 0. The Hall–Kier alpha value is -0.900. The Balaban J connectivity index is 1.98. The average Bonchev–Trinajstić information content (AvgIpc) is 2.79. The second kappa shape index (κ2) is 5.43. The Morgan fingerprint density at radius 1 is 1.44 bits per heavy atom. The predicted molar refractivity (Wildman–Crippen MR) is 66.8 cm³/mol. The number of halogens is 1. The van der Waals surface area contributed by atoms with Crippen molar-refractivity contribution in [2.24, 2.45) is 0 Å². The van der Waals surface area contributed by atoms with E-state index in [1.165, 1.54) is 5.56 Å². The summed E-state index contributed by atoms with van der Waals surface area (Å²) in [6, 6.07) is 5.58. The van der Waals surface area contributed by atoms with Crippen LogP contribution in [0.15, 0.2) is 35.2 Å². The first-order valence-corrected chi connectivity index (χ1v) is 6.39. The van der Waals surface area contributed by atoms with Crippen molar-refractivity contribution in [1.82, 2.24) is 4.98 Å². The van der Waals surface area contributed by atoms with Crippen molar-refractivity contribution in [1.29, 1.82) is 0 Å². The van der Waals surface area contributed by atoms with E-state index in [2.05, 4.69) is 16.4 Å². The molecule has 0 aliphatic rings. The van der Waals surface area contributed by atoms with E-state index in [1.807, 2.05) is 5.38 Å². The van der Waals surface area contributed by atoms with Crippen LogP contribution in [0.2, 0.25) is 5.02 Å². The smallest absolute Gasteiger partial charge is 0.0978 e.